The van der Waals surface area contributed by atoms with E-state index in [0.717, 1.165) is 11.1 Å². The number of carbonyl (C=O) groups excluding carboxylic acids is 3. The van der Waals surface area contributed by atoms with Crippen LogP contribution in [0.25, 0.3) is 0 Å². The maximum atomic E-state index is 12.2. The Morgan fingerprint density at radius 2 is 1.68 bits per heavy atom. The Bertz CT molecular complexity index is 811. The number of ketones is 1. The molecule has 0 aliphatic carbocycles. The summed E-state index contributed by atoms with van der Waals surface area (Å²) in [7, 11) is 1.28. The number of anilines is 1. The first-order valence-corrected chi connectivity index (χ1v) is 8.00. The van der Waals surface area contributed by atoms with Crippen LogP contribution in [0.2, 0.25) is 0 Å². The molecule has 0 heterocycles. The number of amides is 1. The molecule has 0 aliphatic heterocycles. The van der Waals surface area contributed by atoms with Crippen LogP contribution in [0.4, 0.5) is 5.69 Å². The van der Waals surface area contributed by atoms with Gasteiger partial charge in [-0.2, -0.15) is 0 Å². The number of hydrogen-bond acceptors (Lipinski definition) is 4. The molecule has 1 N–H and O–H groups in total. The molecule has 0 saturated carbocycles. The van der Waals surface area contributed by atoms with Crippen LogP contribution in [0.1, 0.15) is 44.7 Å². The van der Waals surface area contributed by atoms with E-state index in [1.807, 2.05) is 26.0 Å². The number of benzene rings is 2. The summed E-state index contributed by atoms with van der Waals surface area (Å²) in [5.74, 6) is -0.935. The van der Waals surface area contributed by atoms with Crippen LogP contribution in [0.3, 0.4) is 0 Å². The van der Waals surface area contributed by atoms with Gasteiger partial charge in [0.05, 0.1) is 18.4 Å². The zero-order chi connectivity index (χ0) is 18.4. The number of esters is 1. The molecule has 0 spiro atoms. The van der Waals surface area contributed by atoms with Crippen LogP contribution in [0, 0.1) is 13.8 Å². The Morgan fingerprint density at radius 1 is 0.960 bits per heavy atom. The molecule has 0 unspecified atom stereocenters. The van der Waals surface area contributed by atoms with Gasteiger partial charge < -0.3 is 10.1 Å². The quantitative estimate of drug-likeness (QED) is 0.643. The van der Waals surface area contributed by atoms with Gasteiger partial charge in [-0.15, -0.1) is 0 Å². The van der Waals surface area contributed by atoms with Crippen molar-refractivity contribution >= 4 is 23.3 Å². The van der Waals surface area contributed by atoms with E-state index < -0.39 is 5.97 Å². The van der Waals surface area contributed by atoms with Crippen LogP contribution in [0.5, 0.6) is 0 Å². The van der Waals surface area contributed by atoms with Gasteiger partial charge in [-0.05, 0) is 43.2 Å². The third kappa shape index (κ3) is 4.76. The summed E-state index contributed by atoms with van der Waals surface area (Å²) < 4.78 is 4.69. The van der Waals surface area contributed by atoms with Crippen LogP contribution >= 0.6 is 0 Å². The van der Waals surface area contributed by atoms with Crippen molar-refractivity contribution in [3.05, 3.63) is 64.7 Å². The van der Waals surface area contributed by atoms with Crippen molar-refractivity contribution in [2.45, 2.75) is 26.7 Å². The average molecular weight is 339 g/mol. The van der Waals surface area contributed by atoms with Gasteiger partial charge in [-0.1, -0.05) is 24.3 Å². The van der Waals surface area contributed by atoms with Crippen LogP contribution in [0.15, 0.2) is 42.5 Å². The smallest absolute Gasteiger partial charge is 0.339 e. The lowest BCUT2D eigenvalue weighted by atomic mass is 10.0. The fraction of sp³-hybridized carbons (Fsp3) is 0.250. The average Bonchev–Trinajstić information content (AvgIpc) is 2.61. The Kier molecular flexibility index (Phi) is 6.06. The van der Waals surface area contributed by atoms with E-state index in [1.54, 1.807) is 30.3 Å². The van der Waals surface area contributed by atoms with E-state index >= 15 is 0 Å². The van der Waals surface area contributed by atoms with Crippen molar-refractivity contribution in [3.8, 4) is 0 Å². The minimum absolute atomic E-state index is 0.0429. The van der Waals surface area contributed by atoms with Crippen molar-refractivity contribution in [1.82, 2.24) is 0 Å². The van der Waals surface area contributed by atoms with Crippen molar-refractivity contribution in [2.24, 2.45) is 0 Å². The SMILES string of the molecule is COC(=O)c1ccccc1NC(=O)CCC(=O)c1ccc(C)c(C)c1. The summed E-state index contributed by atoms with van der Waals surface area (Å²) >= 11 is 0. The van der Waals surface area contributed by atoms with Gasteiger partial charge in [0.2, 0.25) is 5.91 Å². The highest BCUT2D eigenvalue weighted by Gasteiger charge is 2.14. The second-order valence-corrected chi connectivity index (χ2v) is 5.81. The second kappa shape index (κ2) is 8.24. The minimum Gasteiger partial charge on any atom is -0.465 e. The van der Waals surface area contributed by atoms with E-state index in [1.165, 1.54) is 7.11 Å². The first kappa shape index (κ1) is 18.4. The van der Waals surface area contributed by atoms with E-state index in [2.05, 4.69) is 5.32 Å². The zero-order valence-electron chi connectivity index (χ0n) is 14.6. The van der Waals surface area contributed by atoms with E-state index in [4.69, 9.17) is 4.74 Å². The standard InChI is InChI=1S/C20H21NO4/c1-13-8-9-15(12-14(13)2)18(22)10-11-19(23)21-17-7-5-4-6-16(17)20(24)25-3/h4-9,12H,10-11H2,1-3H3,(H,21,23). The molecule has 0 bridgehead atoms. The van der Waals surface area contributed by atoms with Crippen LogP contribution in [-0.2, 0) is 9.53 Å². The van der Waals surface area contributed by atoms with Gasteiger partial charge in [0, 0.05) is 18.4 Å². The predicted molar refractivity (Wildman–Crippen MR) is 95.9 cm³/mol. The van der Waals surface area contributed by atoms with Gasteiger partial charge in [0.1, 0.15) is 0 Å². The fourth-order valence-electron chi connectivity index (χ4n) is 2.38. The van der Waals surface area contributed by atoms with E-state index in [9.17, 15) is 14.4 Å². The largest absolute Gasteiger partial charge is 0.465 e. The molecule has 5 heteroatoms. The van der Waals surface area contributed by atoms with Gasteiger partial charge in [-0.25, -0.2) is 4.79 Å². The molecule has 0 saturated heterocycles. The van der Waals surface area contributed by atoms with Gasteiger partial charge in [0.15, 0.2) is 5.78 Å². The molecule has 0 fully saturated rings. The van der Waals surface area contributed by atoms with Crippen molar-refractivity contribution in [3.63, 3.8) is 0 Å². The van der Waals surface area contributed by atoms with Gasteiger partial charge >= 0.3 is 5.97 Å². The maximum Gasteiger partial charge on any atom is 0.339 e. The summed E-state index contributed by atoms with van der Waals surface area (Å²) in [4.78, 5) is 36.0. The molecule has 2 aromatic rings. The number of rotatable bonds is 6. The molecule has 0 atom stereocenters. The lowest BCUT2D eigenvalue weighted by molar-refractivity contribution is -0.116. The summed E-state index contributed by atoms with van der Waals surface area (Å²) in [6.45, 7) is 3.93. The normalized spacial score (nSPS) is 10.2. The molecule has 2 rings (SSSR count). The molecule has 0 aromatic heterocycles. The maximum absolute atomic E-state index is 12.2. The van der Waals surface area contributed by atoms with Crippen molar-refractivity contribution < 1.29 is 19.1 Å². The van der Waals surface area contributed by atoms with Crippen LogP contribution in [-0.4, -0.2) is 24.8 Å². The number of para-hydroxylation sites is 1. The summed E-state index contributed by atoms with van der Waals surface area (Å²) in [6, 6.07) is 12.1. The Labute approximate surface area is 147 Å². The number of ether oxygens (including phenoxy) is 1. The number of methoxy groups -OCH3 is 1. The fourth-order valence-corrected chi connectivity index (χ4v) is 2.38. The second-order valence-electron chi connectivity index (χ2n) is 5.81. The minimum atomic E-state index is -0.526. The molecule has 25 heavy (non-hydrogen) atoms. The topological polar surface area (TPSA) is 72.5 Å². The van der Waals surface area contributed by atoms with Crippen molar-refractivity contribution in [2.75, 3.05) is 12.4 Å². The first-order chi connectivity index (χ1) is 11.9. The van der Waals surface area contributed by atoms with E-state index in [-0.39, 0.29) is 30.1 Å². The lowest BCUT2D eigenvalue weighted by Crippen LogP contribution is -2.16. The summed E-state index contributed by atoms with van der Waals surface area (Å²) in [5.41, 5.74) is 3.42. The van der Waals surface area contributed by atoms with E-state index in [0.29, 0.717) is 11.3 Å². The molecule has 0 aliphatic rings. The molecule has 1 amide bonds. The highest BCUT2D eigenvalue weighted by atomic mass is 16.5. The molecule has 5 nitrogen and oxygen atoms in total. The van der Waals surface area contributed by atoms with Gasteiger partial charge in [-0.3, -0.25) is 9.59 Å². The first-order valence-electron chi connectivity index (χ1n) is 8.00. The third-order valence-corrected chi connectivity index (χ3v) is 4.01. The monoisotopic (exact) mass is 339 g/mol. The Morgan fingerprint density at radius 3 is 2.36 bits per heavy atom. The number of nitrogens with one attached hydrogen (secondary N) is 1. The third-order valence-electron chi connectivity index (χ3n) is 4.01. The number of carbonyl (C=O) groups is 3. The molecule has 130 valence electrons. The number of Topliss-reactive ketones (excluding diaryl/α,β-unsaturated/α-hetero) is 1. The highest BCUT2D eigenvalue weighted by Crippen LogP contribution is 2.17. The summed E-state index contributed by atoms with van der Waals surface area (Å²) in [6.07, 6.45) is 0.149. The number of hydrogen-bond donors (Lipinski definition) is 1. The number of aryl methyl sites for hydroxylation is 2. The van der Waals surface area contributed by atoms with Gasteiger partial charge in [0.25, 0.3) is 0 Å². The Hall–Kier alpha value is -2.95. The van der Waals surface area contributed by atoms with Crippen molar-refractivity contribution in [1.29, 1.82) is 0 Å². The molecule has 2 aromatic carbocycles. The molecular weight excluding hydrogens is 318 g/mol. The highest BCUT2D eigenvalue weighted by molar-refractivity contribution is 6.03. The molecule has 0 radical (unpaired) electrons. The Balaban J connectivity index is 1.98. The summed E-state index contributed by atoms with van der Waals surface area (Å²) in [5, 5.41) is 2.66. The zero-order valence-corrected chi connectivity index (χ0v) is 14.6. The lowest BCUT2D eigenvalue weighted by Gasteiger charge is -2.09. The molecular formula is C20H21NO4. The van der Waals surface area contributed by atoms with Crippen LogP contribution < -0.4 is 5.32 Å². The predicted octanol–water partition coefficient (Wildman–Crippen LogP) is 3.69.